The van der Waals surface area contributed by atoms with Gasteiger partial charge in [-0.1, -0.05) is 17.7 Å². The van der Waals surface area contributed by atoms with Gasteiger partial charge in [0.2, 0.25) is 5.91 Å². The minimum Gasteiger partial charge on any atom is -0.404 e. The number of pyridine rings is 1. The van der Waals surface area contributed by atoms with E-state index < -0.39 is 18.2 Å². The molecule has 11 heteroatoms. The van der Waals surface area contributed by atoms with E-state index in [0.29, 0.717) is 35.3 Å². The van der Waals surface area contributed by atoms with Crippen molar-refractivity contribution in [3.05, 3.63) is 57.9 Å². The van der Waals surface area contributed by atoms with E-state index in [0.717, 1.165) is 6.07 Å². The lowest BCUT2D eigenvalue weighted by molar-refractivity contribution is -0.274. The summed E-state index contributed by atoms with van der Waals surface area (Å²) in [6, 6.07) is 4.93. The van der Waals surface area contributed by atoms with Crippen molar-refractivity contribution in [2.45, 2.75) is 38.7 Å². The Balaban J connectivity index is 1.76. The summed E-state index contributed by atoms with van der Waals surface area (Å²) in [5, 5.41) is 11.3. The first kappa shape index (κ1) is 23.8. The van der Waals surface area contributed by atoms with Crippen molar-refractivity contribution in [2.24, 2.45) is 0 Å². The van der Waals surface area contributed by atoms with Crippen LogP contribution in [-0.2, 0) is 17.8 Å². The Morgan fingerprint density at radius 3 is 2.78 bits per heavy atom. The number of aromatic nitrogens is 1. The Bertz CT molecular complexity index is 1020. The second kappa shape index (κ2) is 9.74. The first-order valence-corrected chi connectivity index (χ1v) is 10.2. The van der Waals surface area contributed by atoms with E-state index in [1.807, 2.05) is 0 Å². The minimum absolute atomic E-state index is 0.0145. The third kappa shape index (κ3) is 5.49. The van der Waals surface area contributed by atoms with E-state index in [1.165, 1.54) is 23.2 Å². The average Bonchev–Trinajstić information content (AvgIpc) is 3.06. The number of carbonyl (C=O) groups is 2. The number of nitrogens with one attached hydrogen (secondary N) is 1. The quantitative estimate of drug-likeness (QED) is 0.576. The summed E-state index contributed by atoms with van der Waals surface area (Å²) in [5.74, 6) is -1.07. The van der Waals surface area contributed by atoms with Crippen molar-refractivity contribution in [1.29, 1.82) is 0 Å². The predicted octanol–water partition coefficient (Wildman–Crippen LogP) is 3.39. The largest absolute Gasteiger partial charge is 0.573 e. The molecule has 1 aliphatic heterocycles. The van der Waals surface area contributed by atoms with E-state index in [4.69, 9.17) is 16.7 Å². The van der Waals surface area contributed by atoms with Gasteiger partial charge in [-0.2, -0.15) is 0 Å². The molecule has 0 saturated carbocycles. The van der Waals surface area contributed by atoms with E-state index in [9.17, 15) is 22.8 Å². The van der Waals surface area contributed by atoms with Crippen LogP contribution >= 0.6 is 11.6 Å². The fraction of sp³-hybridized carbons (Fsp3) is 0.381. The lowest BCUT2D eigenvalue weighted by Crippen LogP contribution is -2.28. The van der Waals surface area contributed by atoms with Crippen molar-refractivity contribution >= 4 is 23.4 Å². The zero-order valence-electron chi connectivity index (χ0n) is 17.1. The Hall–Kier alpha value is -2.85. The van der Waals surface area contributed by atoms with E-state index in [1.54, 1.807) is 13.0 Å². The fourth-order valence-electron chi connectivity index (χ4n) is 3.46. The molecular weight excluding hydrogens is 451 g/mol. The van der Waals surface area contributed by atoms with Crippen LogP contribution in [0.4, 0.5) is 13.2 Å². The number of rotatable bonds is 8. The predicted molar refractivity (Wildman–Crippen MR) is 109 cm³/mol. The highest BCUT2D eigenvalue weighted by molar-refractivity contribution is 6.32. The smallest absolute Gasteiger partial charge is 0.404 e. The molecule has 2 N–H and O–H groups in total. The lowest BCUT2D eigenvalue weighted by Gasteiger charge is -2.25. The number of hydrogen-bond acceptors (Lipinski definition) is 5. The summed E-state index contributed by atoms with van der Waals surface area (Å²) in [4.78, 5) is 30.9. The van der Waals surface area contributed by atoms with Gasteiger partial charge in [0.05, 0.1) is 23.2 Å². The summed E-state index contributed by atoms with van der Waals surface area (Å²) in [6.07, 6.45) is -2.98. The number of aliphatic hydroxyl groups excluding tert-OH is 1. The summed E-state index contributed by atoms with van der Waals surface area (Å²) in [6.45, 7) is 2.23. The maximum atomic E-state index is 13.0. The number of benzene rings is 1. The average molecular weight is 472 g/mol. The molecule has 3 rings (SSSR count). The SMILES string of the molecule is CC(c1ccc(OC(F)(F)F)c(Cl)c1)N1Cc2c(ccnc2CC(=O)NCCCO)C1=O. The molecule has 0 saturated heterocycles. The van der Waals surface area contributed by atoms with Crippen molar-refractivity contribution in [2.75, 3.05) is 13.2 Å². The van der Waals surface area contributed by atoms with Crippen LogP contribution < -0.4 is 10.1 Å². The standard InChI is InChI=1S/C21H21ClF3N3O4/c1-12(13-3-4-18(16(22)9-13)32-21(23,24)25)28-11-15-14(20(28)31)5-7-26-17(15)10-19(30)27-6-2-8-29/h3-5,7,9,12,29H,2,6,8,10-11H2,1H3,(H,27,30). The number of hydrogen-bond donors (Lipinski definition) is 2. The number of alkyl halides is 3. The molecule has 0 fully saturated rings. The van der Waals surface area contributed by atoms with Crippen LogP contribution in [0.25, 0.3) is 0 Å². The second-order valence-electron chi connectivity index (χ2n) is 7.23. The number of amides is 2. The summed E-state index contributed by atoms with van der Waals surface area (Å²) >= 11 is 5.95. The van der Waals surface area contributed by atoms with Gasteiger partial charge in [0.25, 0.3) is 5.91 Å². The Morgan fingerprint density at radius 2 is 2.12 bits per heavy atom. The van der Waals surface area contributed by atoms with Gasteiger partial charge in [-0.25, -0.2) is 0 Å². The van der Waals surface area contributed by atoms with Crippen LogP contribution in [0.5, 0.6) is 5.75 Å². The normalized spacial score (nSPS) is 14.3. The first-order valence-electron chi connectivity index (χ1n) is 9.81. The van der Waals surface area contributed by atoms with Crippen LogP contribution in [0, 0.1) is 0 Å². The van der Waals surface area contributed by atoms with Gasteiger partial charge in [-0.05, 0) is 37.1 Å². The molecule has 1 unspecified atom stereocenters. The van der Waals surface area contributed by atoms with Crippen LogP contribution in [0.3, 0.4) is 0 Å². The topological polar surface area (TPSA) is 91.8 Å². The molecule has 2 amide bonds. The van der Waals surface area contributed by atoms with Crippen molar-refractivity contribution in [1.82, 2.24) is 15.2 Å². The number of nitrogens with zero attached hydrogens (tertiary/aromatic N) is 2. The molecule has 1 atom stereocenters. The molecular formula is C21H21ClF3N3O4. The third-order valence-electron chi connectivity index (χ3n) is 5.08. The molecule has 0 spiro atoms. The van der Waals surface area contributed by atoms with Crippen LogP contribution in [-0.4, -0.2) is 46.3 Å². The fourth-order valence-corrected chi connectivity index (χ4v) is 3.69. The molecule has 0 bridgehead atoms. The minimum atomic E-state index is -4.86. The van der Waals surface area contributed by atoms with Gasteiger partial charge in [-0.15, -0.1) is 13.2 Å². The highest BCUT2D eigenvalue weighted by atomic mass is 35.5. The monoisotopic (exact) mass is 471 g/mol. The molecule has 0 radical (unpaired) electrons. The molecule has 1 aliphatic rings. The van der Waals surface area contributed by atoms with Gasteiger partial charge in [0.15, 0.2) is 0 Å². The van der Waals surface area contributed by atoms with Crippen molar-refractivity contribution in [3.63, 3.8) is 0 Å². The van der Waals surface area contributed by atoms with Crippen LogP contribution in [0.15, 0.2) is 30.5 Å². The molecule has 2 heterocycles. The van der Waals surface area contributed by atoms with Gasteiger partial charge in [-0.3, -0.25) is 14.6 Å². The number of aliphatic hydroxyl groups is 1. The second-order valence-corrected chi connectivity index (χ2v) is 7.64. The van der Waals surface area contributed by atoms with Gasteiger partial charge < -0.3 is 20.1 Å². The molecule has 1 aromatic heterocycles. The molecule has 32 heavy (non-hydrogen) atoms. The molecule has 0 aliphatic carbocycles. The Kier molecular flexibility index (Phi) is 7.25. The van der Waals surface area contributed by atoms with Crippen molar-refractivity contribution < 1.29 is 32.6 Å². The number of halogens is 4. The highest BCUT2D eigenvalue weighted by Gasteiger charge is 2.35. The number of fused-ring (bicyclic) bond motifs is 1. The third-order valence-corrected chi connectivity index (χ3v) is 5.38. The van der Waals surface area contributed by atoms with Crippen LogP contribution in [0.2, 0.25) is 5.02 Å². The molecule has 7 nitrogen and oxygen atoms in total. The Labute approximate surface area is 187 Å². The number of carbonyl (C=O) groups excluding carboxylic acids is 2. The van der Waals surface area contributed by atoms with E-state index >= 15 is 0 Å². The summed E-state index contributed by atoms with van der Waals surface area (Å²) in [7, 11) is 0. The molecule has 172 valence electrons. The molecule has 2 aromatic rings. The van der Waals surface area contributed by atoms with E-state index in [2.05, 4.69) is 15.0 Å². The maximum Gasteiger partial charge on any atom is 0.573 e. The van der Waals surface area contributed by atoms with Crippen LogP contribution in [0.1, 0.15) is 46.6 Å². The zero-order valence-corrected chi connectivity index (χ0v) is 17.8. The summed E-state index contributed by atoms with van der Waals surface area (Å²) < 4.78 is 41.3. The van der Waals surface area contributed by atoms with Gasteiger partial charge in [0, 0.05) is 37.0 Å². The molecule has 1 aromatic carbocycles. The van der Waals surface area contributed by atoms with Gasteiger partial charge in [0.1, 0.15) is 5.75 Å². The van der Waals surface area contributed by atoms with Crippen molar-refractivity contribution in [3.8, 4) is 5.75 Å². The lowest BCUT2D eigenvalue weighted by atomic mass is 10.1. The highest BCUT2D eigenvalue weighted by Crippen LogP contribution is 2.36. The number of ether oxygens (including phenoxy) is 1. The summed E-state index contributed by atoms with van der Waals surface area (Å²) in [5.41, 5.74) is 2.05. The Morgan fingerprint density at radius 1 is 1.38 bits per heavy atom. The zero-order chi connectivity index (χ0) is 23.5. The maximum absolute atomic E-state index is 13.0. The first-order chi connectivity index (χ1) is 15.1. The van der Waals surface area contributed by atoms with E-state index in [-0.39, 0.29) is 36.4 Å². The van der Waals surface area contributed by atoms with Gasteiger partial charge >= 0.3 is 6.36 Å².